The maximum Gasteiger partial charge on any atom is 0.546 e. The van der Waals surface area contributed by atoms with Crippen molar-refractivity contribution in [3.05, 3.63) is 54.5 Å². The van der Waals surface area contributed by atoms with Crippen molar-refractivity contribution in [3.63, 3.8) is 0 Å². The number of benzene rings is 1. The molecule has 0 amide bonds. The molecule has 0 unspecified atom stereocenters. The van der Waals surface area contributed by atoms with Crippen LogP contribution in [0.15, 0.2) is 43.3 Å². The number of phenols is 1. The fraction of sp³-hybridized carbons (Fsp3) is 0.455. The molecule has 0 radical (unpaired) electrons. The van der Waals surface area contributed by atoms with E-state index in [2.05, 4.69) is 32.0 Å². The third-order valence-corrected chi connectivity index (χ3v) is 4.76. The first-order chi connectivity index (χ1) is 13.5. The molecule has 0 saturated heterocycles. The molecule has 1 aromatic rings. The second-order valence-electron chi connectivity index (χ2n) is 8.27. The first kappa shape index (κ1) is 22.8. The Morgan fingerprint density at radius 2 is 1.97 bits per heavy atom. The quantitative estimate of drug-likeness (QED) is 0.328. The highest BCUT2D eigenvalue weighted by molar-refractivity contribution is 6.46. The molecule has 158 valence electrons. The van der Waals surface area contributed by atoms with Gasteiger partial charge in [-0.15, -0.1) is 0 Å². The number of hydrogen-bond donors (Lipinski definition) is 3. The first-order valence-electron chi connectivity index (χ1n) is 9.82. The lowest BCUT2D eigenvalue weighted by atomic mass is 9.72. The van der Waals surface area contributed by atoms with Crippen molar-refractivity contribution in [1.29, 1.82) is 0 Å². The summed E-state index contributed by atoms with van der Waals surface area (Å²) in [5.74, 6) is 0.757. The average molecular weight is 401 g/mol. The second-order valence-corrected chi connectivity index (χ2v) is 8.27. The number of rotatable bonds is 9. The minimum atomic E-state index is -1.10. The summed E-state index contributed by atoms with van der Waals surface area (Å²) < 4.78 is 16.8. The largest absolute Gasteiger partial charge is 0.546 e. The Kier molecular flexibility index (Phi) is 7.30. The van der Waals surface area contributed by atoms with Gasteiger partial charge in [-0.1, -0.05) is 59.9 Å². The van der Waals surface area contributed by atoms with Gasteiger partial charge in [-0.05, 0) is 24.5 Å². The van der Waals surface area contributed by atoms with E-state index in [1.807, 2.05) is 20.8 Å². The van der Waals surface area contributed by atoms with E-state index in [0.717, 1.165) is 24.1 Å². The van der Waals surface area contributed by atoms with Crippen LogP contribution in [0.3, 0.4) is 0 Å². The minimum absolute atomic E-state index is 0.0441. The van der Waals surface area contributed by atoms with Gasteiger partial charge in [-0.3, -0.25) is 0 Å². The Hall–Kier alpha value is -2.54. The van der Waals surface area contributed by atoms with Crippen LogP contribution < -0.4 is 9.97 Å². The molecule has 0 aliphatic carbocycles. The van der Waals surface area contributed by atoms with E-state index in [1.165, 1.54) is 0 Å². The van der Waals surface area contributed by atoms with Crippen molar-refractivity contribution < 1.29 is 24.3 Å². The number of nitrogens with one attached hydrogen (secondary N) is 1. The molecule has 0 fully saturated rings. The third kappa shape index (κ3) is 5.73. The fourth-order valence-corrected chi connectivity index (χ4v) is 2.94. The number of ether oxygens (including phenoxy) is 2. The van der Waals surface area contributed by atoms with Crippen LogP contribution in [0.2, 0.25) is 0 Å². The van der Waals surface area contributed by atoms with Crippen LogP contribution in [0.1, 0.15) is 51.7 Å². The van der Waals surface area contributed by atoms with Gasteiger partial charge in [0.25, 0.3) is 0 Å². The van der Waals surface area contributed by atoms with Crippen LogP contribution >= 0.6 is 0 Å². The van der Waals surface area contributed by atoms with Crippen LogP contribution in [0, 0.1) is 5.41 Å². The predicted molar refractivity (Wildman–Crippen MR) is 116 cm³/mol. The predicted octanol–water partition coefficient (Wildman–Crippen LogP) is 4.14. The standard InChI is InChI=1S/C22H32BNO5/c1-8-9-14(2)24-19-12-17-10-11-18(25)20(21(17)29-23(19)26)15(3)27-13-28-16(4)22(5,6)7/h10-11,19,24-26H,2-4,8-9,12-13H2,1,5-7H3/t19-/m0/s1. The molecule has 0 spiro atoms. The Balaban J connectivity index is 2.12. The number of aromatic hydroxyl groups is 1. The van der Waals surface area contributed by atoms with Gasteiger partial charge in [-0.25, -0.2) is 0 Å². The van der Waals surface area contributed by atoms with Gasteiger partial charge in [0.05, 0.1) is 17.3 Å². The lowest BCUT2D eigenvalue weighted by Crippen LogP contribution is -2.50. The smallest absolute Gasteiger partial charge is 0.534 e. The Morgan fingerprint density at radius 3 is 2.59 bits per heavy atom. The van der Waals surface area contributed by atoms with Gasteiger partial charge in [0.2, 0.25) is 6.79 Å². The van der Waals surface area contributed by atoms with E-state index in [4.69, 9.17) is 14.1 Å². The summed E-state index contributed by atoms with van der Waals surface area (Å²) in [6, 6.07) is 3.33. The van der Waals surface area contributed by atoms with Gasteiger partial charge in [0.15, 0.2) is 0 Å². The molecule has 0 bridgehead atoms. The summed E-state index contributed by atoms with van der Waals surface area (Å²) in [5, 5.41) is 24.0. The normalized spacial score (nSPS) is 15.8. The van der Waals surface area contributed by atoms with Gasteiger partial charge in [0.1, 0.15) is 17.3 Å². The summed E-state index contributed by atoms with van der Waals surface area (Å²) in [6.45, 7) is 19.7. The van der Waals surface area contributed by atoms with Crippen molar-refractivity contribution in [1.82, 2.24) is 5.32 Å². The lowest BCUT2D eigenvalue weighted by Gasteiger charge is -2.31. The summed E-state index contributed by atoms with van der Waals surface area (Å²) >= 11 is 0. The summed E-state index contributed by atoms with van der Waals surface area (Å²) in [5.41, 5.74) is 1.77. The van der Waals surface area contributed by atoms with Crippen molar-refractivity contribution in [3.8, 4) is 11.5 Å². The van der Waals surface area contributed by atoms with Crippen molar-refractivity contribution in [2.24, 2.45) is 5.41 Å². The molecule has 1 aliphatic rings. The Bertz CT molecular complexity index is 784. The SMILES string of the molecule is C=C(CCC)N[C@H]1Cc2ccc(O)c(C(=C)OCOC(=C)C(C)(C)C)c2OB1O. The number of fused-ring (bicyclic) bond motifs is 1. The Labute approximate surface area is 174 Å². The molecule has 1 atom stereocenters. The molecule has 1 heterocycles. The van der Waals surface area contributed by atoms with Crippen molar-refractivity contribution >= 4 is 12.9 Å². The molecule has 29 heavy (non-hydrogen) atoms. The van der Waals surface area contributed by atoms with E-state index in [9.17, 15) is 10.1 Å². The Morgan fingerprint density at radius 1 is 1.28 bits per heavy atom. The molecular formula is C22H32BNO5. The lowest BCUT2D eigenvalue weighted by molar-refractivity contribution is 0.0190. The number of phenolic OH excluding ortho intramolecular Hbond substituents is 1. The molecule has 3 N–H and O–H groups in total. The monoisotopic (exact) mass is 401 g/mol. The highest BCUT2D eigenvalue weighted by Gasteiger charge is 2.37. The summed E-state index contributed by atoms with van der Waals surface area (Å²) in [6.07, 6.45) is 2.30. The maximum absolute atomic E-state index is 10.5. The minimum Gasteiger partial charge on any atom is -0.534 e. The van der Waals surface area contributed by atoms with E-state index in [1.54, 1.807) is 12.1 Å². The molecule has 2 rings (SSSR count). The van der Waals surface area contributed by atoms with Gasteiger partial charge < -0.3 is 29.6 Å². The topological polar surface area (TPSA) is 80.2 Å². The van der Waals surface area contributed by atoms with Crippen LogP contribution in [0.4, 0.5) is 0 Å². The summed E-state index contributed by atoms with van der Waals surface area (Å²) in [7, 11) is -1.10. The van der Waals surface area contributed by atoms with Crippen LogP contribution in [-0.2, 0) is 15.9 Å². The molecule has 1 aliphatic heterocycles. The van der Waals surface area contributed by atoms with E-state index in [-0.39, 0.29) is 29.7 Å². The fourth-order valence-electron chi connectivity index (χ4n) is 2.94. The zero-order valence-corrected chi connectivity index (χ0v) is 17.9. The van der Waals surface area contributed by atoms with Crippen molar-refractivity contribution in [2.45, 2.75) is 52.9 Å². The first-order valence-corrected chi connectivity index (χ1v) is 9.82. The molecule has 0 saturated carbocycles. The third-order valence-electron chi connectivity index (χ3n) is 4.76. The second kappa shape index (κ2) is 9.31. The average Bonchev–Trinajstić information content (AvgIpc) is 2.61. The van der Waals surface area contributed by atoms with Gasteiger partial charge in [0, 0.05) is 11.1 Å². The molecular weight excluding hydrogens is 369 g/mol. The van der Waals surface area contributed by atoms with Crippen LogP contribution in [0.5, 0.6) is 11.5 Å². The van der Waals surface area contributed by atoms with Crippen molar-refractivity contribution in [2.75, 3.05) is 6.79 Å². The molecule has 1 aromatic carbocycles. The van der Waals surface area contributed by atoms with E-state index in [0.29, 0.717) is 23.5 Å². The zero-order chi connectivity index (χ0) is 21.8. The zero-order valence-electron chi connectivity index (χ0n) is 17.9. The van der Waals surface area contributed by atoms with Crippen LogP contribution in [0.25, 0.3) is 5.76 Å². The number of allylic oxidation sites excluding steroid dienone is 2. The maximum atomic E-state index is 10.5. The van der Waals surface area contributed by atoms with E-state index < -0.39 is 7.12 Å². The molecule has 6 nitrogen and oxygen atoms in total. The van der Waals surface area contributed by atoms with E-state index >= 15 is 0 Å². The van der Waals surface area contributed by atoms with Gasteiger partial charge >= 0.3 is 7.12 Å². The molecule has 7 heteroatoms. The highest BCUT2D eigenvalue weighted by atomic mass is 16.7. The molecule has 0 aromatic heterocycles. The van der Waals surface area contributed by atoms with Crippen LogP contribution in [-0.4, -0.2) is 30.0 Å². The highest BCUT2D eigenvalue weighted by Crippen LogP contribution is 2.40. The summed E-state index contributed by atoms with van der Waals surface area (Å²) in [4.78, 5) is 0. The van der Waals surface area contributed by atoms with Gasteiger partial charge in [-0.2, -0.15) is 0 Å². The number of hydrogen-bond acceptors (Lipinski definition) is 6.